The minimum Gasteiger partial charge on any atom is -0.396 e. The van der Waals surface area contributed by atoms with Gasteiger partial charge in [-0.15, -0.1) is 0 Å². The highest BCUT2D eigenvalue weighted by atomic mass is 19.4. The van der Waals surface area contributed by atoms with E-state index in [1.54, 1.807) is 0 Å². The summed E-state index contributed by atoms with van der Waals surface area (Å²) in [4.78, 5) is 0. The molecule has 1 aromatic carbocycles. The van der Waals surface area contributed by atoms with Crippen LogP contribution in [0.3, 0.4) is 0 Å². The normalized spacial score (nSPS) is 15.0. The second kappa shape index (κ2) is 7.72. The quantitative estimate of drug-likeness (QED) is 0.679. The van der Waals surface area contributed by atoms with Crippen LogP contribution < -0.4 is 11.1 Å². The molecule has 21 heavy (non-hydrogen) atoms. The first-order valence-corrected chi connectivity index (χ1v) is 6.77. The van der Waals surface area contributed by atoms with Crippen LogP contribution in [-0.4, -0.2) is 24.3 Å². The van der Waals surface area contributed by atoms with Crippen LogP contribution in [0.5, 0.6) is 0 Å². The summed E-state index contributed by atoms with van der Waals surface area (Å²) in [5.74, 6) is -1.30. The molecule has 3 nitrogen and oxygen atoms in total. The summed E-state index contributed by atoms with van der Waals surface area (Å²) in [6.07, 6.45) is -3.57. The minimum absolute atomic E-state index is 0.0278. The van der Waals surface area contributed by atoms with Gasteiger partial charge in [0.1, 0.15) is 5.82 Å². The largest absolute Gasteiger partial charge is 0.419 e. The number of aliphatic hydroxyl groups excluding tert-OH is 1. The molecule has 0 heterocycles. The number of halogens is 4. The lowest BCUT2D eigenvalue weighted by Gasteiger charge is -2.24. The highest BCUT2D eigenvalue weighted by Crippen LogP contribution is 2.33. The summed E-state index contributed by atoms with van der Waals surface area (Å²) in [6.45, 7) is 1.94. The lowest BCUT2D eigenvalue weighted by Crippen LogP contribution is -2.37. The fraction of sp³-hybridized carbons (Fsp3) is 0.571. The summed E-state index contributed by atoms with van der Waals surface area (Å²) in [5, 5.41) is 12.0. The maximum Gasteiger partial charge on any atom is 0.419 e. The Balaban J connectivity index is 3.01. The first-order chi connectivity index (χ1) is 9.83. The zero-order valence-electron chi connectivity index (χ0n) is 11.8. The van der Waals surface area contributed by atoms with Crippen LogP contribution in [0.15, 0.2) is 18.2 Å². The number of hydrogen-bond acceptors (Lipinski definition) is 3. The van der Waals surface area contributed by atoms with E-state index in [-0.39, 0.29) is 24.8 Å². The highest BCUT2D eigenvalue weighted by Gasteiger charge is 2.34. The second-order valence-corrected chi connectivity index (χ2v) is 4.81. The van der Waals surface area contributed by atoms with Crippen LogP contribution >= 0.6 is 0 Å². The fourth-order valence-corrected chi connectivity index (χ4v) is 2.12. The van der Waals surface area contributed by atoms with Crippen molar-refractivity contribution in [3.05, 3.63) is 35.1 Å². The van der Waals surface area contributed by atoms with E-state index in [4.69, 9.17) is 10.8 Å². The van der Waals surface area contributed by atoms with Crippen molar-refractivity contribution in [2.75, 3.05) is 13.2 Å². The molecule has 1 rings (SSSR count). The maximum atomic E-state index is 13.3. The van der Waals surface area contributed by atoms with Crippen molar-refractivity contribution >= 4 is 0 Å². The number of benzene rings is 1. The lowest BCUT2D eigenvalue weighted by molar-refractivity contribution is -0.140. The molecule has 7 heteroatoms. The zero-order valence-corrected chi connectivity index (χ0v) is 11.8. The van der Waals surface area contributed by atoms with E-state index in [9.17, 15) is 17.6 Å². The minimum atomic E-state index is -4.74. The number of rotatable bonds is 7. The number of nitrogens with one attached hydrogen (secondary N) is 1. The lowest BCUT2D eigenvalue weighted by atomic mass is 10.0. The van der Waals surface area contributed by atoms with Crippen molar-refractivity contribution in [3.8, 4) is 0 Å². The van der Waals surface area contributed by atoms with Crippen LogP contribution in [0.2, 0.25) is 0 Å². The molecule has 0 aliphatic heterocycles. The van der Waals surface area contributed by atoms with Gasteiger partial charge in [-0.3, -0.25) is 0 Å². The Morgan fingerprint density at radius 1 is 1.33 bits per heavy atom. The Morgan fingerprint density at radius 2 is 2.00 bits per heavy atom. The summed E-state index contributed by atoms with van der Waals surface area (Å²) < 4.78 is 51.4. The fourth-order valence-electron chi connectivity index (χ4n) is 2.12. The molecule has 2 unspecified atom stereocenters. The summed E-state index contributed by atoms with van der Waals surface area (Å²) in [5.41, 5.74) is 4.59. The first-order valence-electron chi connectivity index (χ1n) is 6.77. The van der Waals surface area contributed by atoms with E-state index < -0.39 is 23.6 Å². The Kier molecular flexibility index (Phi) is 6.57. The van der Waals surface area contributed by atoms with Crippen LogP contribution in [-0.2, 0) is 6.18 Å². The van der Waals surface area contributed by atoms with Gasteiger partial charge in [0.05, 0.1) is 5.56 Å². The Labute approximate surface area is 121 Å². The molecule has 0 saturated heterocycles. The zero-order chi connectivity index (χ0) is 16.0. The SMILES string of the molecule is CCC(CCO)NC(CN)c1ccc(F)c(C(F)(F)F)c1. The van der Waals surface area contributed by atoms with Crippen LogP contribution in [0.1, 0.15) is 36.9 Å². The average molecular weight is 308 g/mol. The van der Waals surface area contributed by atoms with E-state index in [0.29, 0.717) is 12.8 Å². The molecule has 4 N–H and O–H groups in total. The van der Waals surface area contributed by atoms with Crippen molar-refractivity contribution in [1.82, 2.24) is 5.32 Å². The van der Waals surface area contributed by atoms with Crippen molar-refractivity contribution in [2.24, 2.45) is 5.73 Å². The first kappa shape index (κ1) is 17.9. The monoisotopic (exact) mass is 308 g/mol. The van der Waals surface area contributed by atoms with Crippen LogP contribution in [0.25, 0.3) is 0 Å². The smallest absolute Gasteiger partial charge is 0.396 e. The van der Waals surface area contributed by atoms with Gasteiger partial charge in [0.15, 0.2) is 0 Å². The van der Waals surface area contributed by atoms with Crippen molar-refractivity contribution < 1.29 is 22.7 Å². The predicted octanol–water partition coefficient (Wildman–Crippen LogP) is 2.59. The van der Waals surface area contributed by atoms with Gasteiger partial charge in [0.25, 0.3) is 0 Å². The molecule has 0 aromatic heterocycles. The average Bonchev–Trinajstić information content (AvgIpc) is 2.43. The Morgan fingerprint density at radius 3 is 2.48 bits per heavy atom. The molecule has 0 saturated carbocycles. The highest BCUT2D eigenvalue weighted by molar-refractivity contribution is 5.29. The number of hydrogen-bond donors (Lipinski definition) is 3. The topological polar surface area (TPSA) is 58.3 Å². The van der Waals surface area contributed by atoms with E-state index in [2.05, 4.69) is 5.32 Å². The maximum absolute atomic E-state index is 13.3. The molecular formula is C14H20F4N2O. The van der Waals surface area contributed by atoms with Gasteiger partial charge >= 0.3 is 6.18 Å². The Bertz CT molecular complexity index is 451. The van der Waals surface area contributed by atoms with E-state index in [1.165, 1.54) is 6.07 Å². The summed E-state index contributed by atoms with van der Waals surface area (Å²) >= 11 is 0. The molecular weight excluding hydrogens is 288 g/mol. The van der Waals surface area contributed by atoms with Gasteiger partial charge in [-0.25, -0.2) is 4.39 Å². The number of alkyl halides is 3. The molecule has 0 spiro atoms. The number of nitrogens with two attached hydrogens (primary N) is 1. The van der Waals surface area contributed by atoms with Gasteiger partial charge in [-0.05, 0) is 30.5 Å². The van der Waals surface area contributed by atoms with Gasteiger partial charge in [-0.2, -0.15) is 13.2 Å². The third kappa shape index (κ3) is 4.94. The van der Waals surface area contributed by atoms with Crippen LogP contribution in [0.4, 0.5) is 17.6 Å². The van der Waals surface area contributed by atoms with Gasteiger partial charge < -0.3 is 16.2 Å². The van der Waals surface area contributed by atoms with Gasteiger partial charge in [-0.1, -0.05) is 13.0 Å². The standard InChI is InChI=1S/C14H20F4N2O/c1-2-10(5-6-21)20-13(8-19)9-3-4-12(15)11(7-9)14(16,17)18/h3-4,7,10,13,20-21H,2,5-6,8,19H2,1H3. The van der Waals surface area contributed by atoms with Gasteiger partial charge in [0, 0.05) is 25.2 Å². The molecule has 0 radical (unpaired) electrons. The Hall–Kier alpha value is -1.18. The summed E-state index contributed by atoms with van der Waals surface area (Å²) in [6, 6.07) is 2.29. The van der Waals surface area contributed by atoms with Crippen molar-refractivity contribution in [1.29, 1.82) is 0 Å². The summed E-state index contributed by atoms with van der Waals surface area (Å²) in [7, 11) is 0. The molecule has 0 bridgehead atoms. The van der Waals surface area contributed by atoms with Crippen molar-refractivity contribution in [3.63, 3.8) is 0 Å². The van der Waals surface area contributed by atoms with Crippen molar-refractivity contribution in [2.45, 2.75) is 38.0 Å². The molecule has 0 aliphatic rings. The molecule has 0 fully saturated rings. The third-order valence-electron chi connectivity index (χ3n) is 3.34. The third-order valence-corrected chi connectivity index (χ3v) is 3.34. The second-order valence-electron chi connectivity index (χ2n) is 4.81. The molecule has 0 aliphatic carbocycles. The molecule has 120 valence electrons. The van der Waals surface area contributed by atoms with E-state index >= 15 is 0 Å². The molecule has 0 amide bonds. The van der Waals surface area contributed by atoms with E-state index in [0.717, 1.165) is 12.1 Å². The molecule has 2 atom stereocenters. The van der Waals surface area contributed by atoms with Gasteiger partial charge in [0.2, 0.25) is 0 Å². The van der Waals surface area contributed by atoms with E-state index in [1.807, 2.05) is 6.92 Å². The van der Waals surface area contributed by atoms with Crippen LogP contribution in [0, 0.1) is 5.82 Å². The predicted molar refractivity (Wildman–Crippen MR) is 72.1 cm³/mol. The molecule has 1 aromatic rings. The number of aliphatic hydroxyl groups is 1.